The van der Waals surface area contributed by atoms with Crippen LogP contribution in [0.15, 0.2) is 42.7 Å². The van der Waals surface area contributed by atoms with Crippen molar-refractivity contribution in [2.75, 3.05) is 18.5 Å². The molecule has 1 aliphatic heterocycles. The molecule has 2 aromatic rings. The molecular formula is C15H19N3O. The third-order valence-corrected chi connectivity index (χ3v) is 3.39. The fourth-order valence-corrected chi connectivity index (χ4v) is 2.40. The van der Waals surface area contributed by atoms with E-state index >= 15 is 0 Å². The average molecular weight is 257 g/mol. The number of hydrogen-bond acceptors (Lipinski definition) is 3. The number of rotatable bonds is 5. The molecule has 0 spiro atoms. The van der Waals surface area contributed by atoms with Crippen LogP contribution in [0.5, 0.6) is 0 Å². The minimum Gasteiger partial charge on any atom is -0.382 e. The van der Waals surface area contributed by atoms with Gasteiger partial charge in [-0.25, -0.2) is 0 Å². The SMILES string of the molecule is c1cc(Cn2cccn2)cc(NCC2CCCO2)c1. The molecule has 1 saturated heterocycles. The zero-order chi connectivity index (χ0) is 12.9. The van der Waals surface area contributed by atoms with Gasteiger partial charge >= 0.3 is 0 Å². The van der Waals surface area contributed by atoms with Crippen LogP contribution < -0.4 is 5.32 Å². The van der Waals surface area contributed by atoms with Crippen molar-refractivity contribution in [3.05, 3.63) is 48.3 Å². The second-order valence-electron chi connectivity index (χ2n) is 4.92. The molecule has 1 aromatic heterocycles. The summed E-state index contributed by atoms with van der Waals surface area (Å²) in [6.45, 7) is 2.61. The van der Waals surface area contributed by atoms with Gasteiger partial charge in [-0.05, 0) is 36.6 Å². The van der Waals surface area contributed by atoms with E-state index < -0.39 is 0 Å². The van der Waals surface area contributed by atoms with Crippen LogP contribution in [0.1, 0.15) is 18.4 Å². The van der Waals surface area contributed by atoms with Crippen LogP contribution in [0.25, 0.3) is 0 Å². The summed E-state index contributed by atoms with van der Waals surface area (Å²) in [4.78, 5) is 0. The number of benzene rings is 1. The first kappa shape index (κ1) is 12.2. The maximum absolute atomic E-state index is 5.61. The van der Waals surface area contributed by atoms with E-state index in [1.807, 2.05) is 16.9 Å². The Kier molecular flexibility index (Phi) is 3.79. The Labute approximate surface area is 113 Å². The van der Waals surface area contributed by atoms with Gasteiger partial charge in [0.25, 0.3) is 0 Å². The number of anilines is 1. The molecule has 100 valence electrons. The minimum atomic E-state index is 0.370. The van der Waals surface area contributed by atoms with Crippen molar-refractivity contribution in [1.82, 2.24) is 9.78 Å². The molecule has 1 N–H and O–H groups in total. The van der Waals surface area contributed by atoms with Crippen molar-refractivity contribution in [1.29, 1.82) is 0 Å². The smallest absolute Gasteiger partial charge is 0.0748 e. The Bertz CT molecular complexity index is 504. The van der Waals surface area contributed by atoms with Gasteiger partial charge < -0.3 is 10.1 Å². The molecule has 1 atom stereocenters. The lowest BCUT2D eigenvalue weighted by Gasteiger charge is -2.12. The Balaban J connectivity index is 1.59. The summed E-state index contributed by atoms with van der Waals surface area (Å²) in [5.74, 6) is 0. The number of nitrogens with zero attached hydrogens (tertiary/aromatic N) is 2. The highest BCUT2D eigenvalue weighted by Gasteiger charge is 2.14. The van der Waals surface area contributed by atoms with Crippen molar-refractivity contribution in [2.45, 2.75) is 25.5 Å². The molecule has 0 aliphatic carbocycles. The quantitative estimate of drug-likeness (QED) is 0.894. The lowest BCUT2D eigenvalue weighted by Crippen LogP contribution is -2.18. The second kappa shape index (κ2) is 5.89. The zero-order valence-electron chi connectivity index (χ0n) is 11.0. The number of hydrogen-bond donors (Lipinski definition) is 1. The summed E-state index contributed by atoms with van der Waals surface area (Å²) in [7, 11) is 0. The third-order valence-electron chi connectivity index (χ3n) is 3.39. The number of nitrogens with one attached hydrogen (secondary N) is 1. The number of ether oxygens (including phenoxy) is 1. The fourth-order valence-electron chi connectivity index (χ4n) is 2.40. The van der Waals surface area contributed by atoms with E-state index in [1.165, 1.54) is 18.4 Å². The van der Waals surface area contributed by atoms with Gasteiger partial charge in [-0.3, -0.25) is 4.68 Å². The Morgan fingerprint density at radius 2 is 2.37 bits per heavy atom. The largest absolute Gasteiger partial charge is 0.382 e. The minimum absolute atomic E-state index is 0.370. The molecule has 0 bridgehead atoms. The van der Waals surface area contributed by atoms with Crippen LogP contribution >= 0.6 is 0 Å². The van der Waals surface area contributed by atoms with Gasteiger partial charge in [0.1, 0.15) is 0 Å². The zero-order valence-corrected chi connectivity index (χ0v) is 11.0. The van der Waals surface area contributed by atoms with Gasteiger partial charge in [0, 0.05) is 31.2 Å². The summed E-state index contributed by atoms with van der Waals surface area (Å²) in [6.07, 6.45) is 6.51. The summed E-state index contributed by atoms with van der Waals surface area (Å²) in [5.41, 5.74) is 2.40. The van der Waals surface area contributed by atoms with Gasteiger partial charge in [-0.15, -0.1) is 0 Å². The molecule has 2 heterocycles. The topological polar surface area (TPSA) is 39.1 Å². The molecule has 4 nitrogen and oxygen atoms in total. The highest BCUT2D eigenvalue weighted by Crippen LogP contribution is 2.15. The second-order valence-corrected chi connectivity index (χ2v) is 4.92. The standard InChI is InChI=1S/C15H19N3O/c1-4-13(12-18-8-3-7-17-18)10-14(5-1)16-11-15-6-2-9-19-15/h1,3-5,7-8,10,15-16H,2,6,9,11-12H2. The monoisotopic (exact) mass is 257 g/mol. The molecular weight excluding hydrogens is 238 g/mol. The van der Waals surface area contributed by atoms with Gasteiger partial charge in [0.2, 0.25) is 0 Å². The van der Waals surface area contributed by atoms with Crippen LogP contribution in [0, 0.1) is 0 Å². The molecule has 3 rings (SSSR count). The van der Waals surface area contributed by atoms with E-state index in [0.29, 0.717) is 6.10 Å². The van der Waals surface area contributed by atoms with Crippen LogP contribution in [-0.2, 0) is 11.3 Å². The lowest BCUT2D eigenvalue weighted by molar-refractivity contribution is 0.120. The van der Waals surface area contributed by atoms with E-state index in [4.69, 9.17) is 4.74 Å². The maximum atomic E-state index is 5.61. The summed E-state index contributed by atoms with van der Waals surface area (Å²) < 4.78 is 7.54. The van der Waals surface area contributed by atoms with Gasteiger partial charge in [-0.2, -0.15) is 5.10 Å². The molecule has 0 amide bonds. The normalized spacial score (nSPS) is 18.6. The molecule has 4 heteroatoms. The van der Waals surface area contributed by atoms with Crippen molar-refractivity contribution < 1.29 is 4.74 Å². The number of aromatic nitrogens is 2. The maximum Gasteiger partial charge on any atom is 0.0748 e. The first-order valence-electron chi connectivity index (χ1n) is 6.82. The fraction of sp³-hybridized carbons (Fsp3) is 0.400. The first-order valence-corrected chi connectivity index (χ1v) is 6.82. The van der Waals surface area contributed by atoms with E-state index in [1.54, 1.807) is 6.20 Å². The first-order chi connectivity index (χ1) is 9.40. The Morgan fingerprint density at radius 1 is 1.37 bits per heavy atom. The van der Waals surface area contributed by atoms with Crippen molar-refractivity contribution in [3.8, 4) is 0 Å². The molecule has 1 aromatic carbocycles. The van der Waals surface area contributed by atoms with E-state index in [2.05, 4.69) is 34.7 Å². The molecule has 0 radical (unpaired) electrons. The average Bonchev–Trinajstić information content (AvgIpc) is 3.10. The molecule has 19 heavy (non-hydrogen) atoms. The van der Waals surface area contributed by atoms with Gasteiger partial charge in [0.15, 0.2) is 0 Å². The molecule has 1 aliphatic rings. The molecule has 0 saturated carbocycles. The van der Waals surface area contributed by atoms with Crippen molar-refractivity contribution in [2.24, 2.45) is 0 Å². The van der Waals surface area contributed by atoms with E-state index in [-0.39, 0.29) is 0 Å². The van der Waals surface area contributed by atoms with Gasteiger partial charge in [0.05, 0.1) is 12.6 Å². The summed E-state index contributed by atoms with van der Waals surface area (Å²) in [6, 6.07) is 10.4. The van der Waals surface area contributed by atoms with Crippen LogP contribution in [0.4, 0.5) is 5.69 Å². The highest BCUT2D eigenvalue weighted by molar-refractivity contribution is 5.45. The van der Waals surface area contributed by atoms with Crippen molar-refractivity contribution >= 4 is 5.69 Å². The summed E-state index contributed by atoms with van der Waals surface area (Å²) >= 11 is 0. The Hall–Kier alpha value is -1.81. The molecule has 1 unspecified atom stereocenters. The predicted octanol–water partition coefficient (Wildman–Crippen LogP) is 2.52. The predicted molar refractivity (Wildman–Crippen MR) is 75.2 cm³/mol. The van der Waals surface area contributed by atoms with E-state index in [9.17, 15) is 0 Å². The van der Waals surface area contributed by atoms with Crippen molar-refractivity contribution in [3.63, 3.8) is 0 Å². The van der Waals surface area contributed by atoms with Crippen LogP contribution in [-0.4, -0.2) is 29.0 Å². The summed E-state index contributed by atoms with van der Waals surface area (Å²) in [5, 5.41) is 7.68. The lowest BCUT2D eigenvalue weighted by atomic mass is 10.2. The van der Waals surface area contributed by atoms with E-state index in [0.717, 1.165) is 25.4 Å². The molecule has 1 fully saturated rings. The Morgan fingerprint density at radius 3 is 3.16 bits per heavy atom. The third kappa shape index (κ3) is 3.35. The van der Waals surface area contributed by atoms with Crippen LogP contribution in [0.2, 0.25) is 0 Å². The highest BCUT2D eigenvalue weighted by atomic mass is 16.5. The van der Waals surface area contributed by atoms with Gasteiger partial charge in [-0.1, -0.05) is 12.1 Å². The van der Waals surface area contributed by atoms with Crippen LogP contribution in [0.3, 0.4) is 0 Å².